The van der Waals surface area contributed by atoms with E-state index in [9.17, 15) is 4.79 Å². The van der Waals surface area contributed by atoms with Gasteiger partial charge in [0.2, 0.25) is 0 Å². The van der Waals surface area contributed by atoms with Crippen molar-refractivity contribution in [2.75, 3.05) is 4.90 Å². The van der Waals surface area contributed by atoms with Gasteiger partial charge in [0.1, 0.15) is 11.5 Å². The number of piperidine rings is 1. The van der Waals surface area contributed by atoms with Crippen molar-refractivity contribution >= 4 is 28.9 Å². The summed E-state index contributed by atoms with van der Waals surface area (Å²) in [6, 6.07) is 11.7. The van der Waals surface area contributed by atoms with Crippen LogP contribution in [0.15, 0.2) is 50.2 Å². The summed E-state index contributed by atoms with van der Waals surface area (Å²) in [5, 5.41) is 8.84. The molecule has 10 heteroatoms. The van der Waals surface area contributed by atoms with E-state index in [2.05, 4.69) is 30.8 Å². The molecule has 202 valence electrons. The fraction of sp³-hybridized carbons (Fsp3) is 0.414. The highest BCUT2D eigenvalue weighted by Gasteiger charge is 2.42. The highest BCUT2D eigenvalue weighted by Crippen LogP contribution is 2.47. The van der Waals surface area contributed by atoms with Gasteiger partial charge >= 0.3 is 5.76 Å². The van der Waals surface area contributed by atoms with Crippen molar-refractivity contribution in [3.8, 4) is 22.6 Å². The van der Waals surface area contributed by atoms with Crippen molar-refractivity contribution in [3.63, 3.8) is 0 Å². The predicted molar refractivity (Wildman–Crippen MR) is 148 cm³/mol. The van der Waals surface area contributed by atoms with Gasteiger partial charge in [-0.05, 0) is 81.3 Å². The molecule has 2 aliphatic heterocycles. The number of benzene rings is 2. The molecule has 0 amide bonds. The molecule has 1 unspecified atom stereocenters. The van der Waals surface area contributed by atoms with E-state index in [-0.39, 0.29) is 24.1 Å². The number of nitrogens with zero attached hydrogens (tertiary/aromatic N) is 3. The average molecular weight is 569 g/mol. The number of hydrogen-bond acceptors (Lipinski definition) is 7. The minimum absolute atomic E-state index is 0.116. The molecule has 7 rings (SSSR count). The van der Waals surface area contributed by atoms with E-state index in [0.717, 1.165) is 42.5 Å². The Bertz CT molecular complexity index is 1650. The number of fused-ring (bicyclic) bond motifs is 2. The zero-order valence-electron chi connectivity index (χ0n) is 23.2. The van der Waals surface area contributed by atoms with E-state index in [1.807, 2.05) is 19.1 Å². The summed E-state index contributed by atoms with van der Waals surface area (Å²) in [6.45, 7) is -0.161. The largest absolute Gasteiger partial charge is 0.439 e. The number of aromatic amines is 1. The SMILES string of the molecule is [2H]C([2H])(OC1C[C@H]2CC[C@@H](C1)N2c1ccc(-c2noc(=O)[nH]2)c(C)c1)c1c(-c2c(Cl)cccc2Cl)noc1C1CC1. The van der Waals surface area contributed by atoms with E-state index in [4.69, 9.17) is 35.2 Å². The summed E-state index contributed by atoms with van der Waals surface area (Å²) < 4.78 is 35.0. The molecule has 4 heterocycles. The summed E-state index contributed by atoms with van der Waals surface area (Å²) in [5.41, 5.74) is 3.94. The van der Waals surface area contributed by atoms with Gasteiger partial charge in [-0.25, -0.2) is 4.79 Å². The molecule has 2 aromatic heterocycles. The van der Waals surface area contributed by atoms with Gasteiger partial charge in [-0.3, -0.25) is 9.51 Å². The van der Waals surface area contributed by atoms with Gasteiger partial charge in [-0.15, -0.1) is 0 Å². The molecule has 2 aromatic carbocycles. The smallest absolute Gasteiger partial charge is 0.373 e. The van der Waals surface area contributed by atoms with Gasteiger partial charge in [-0.2, -0.15) is 0 Å². The molecule has 0 radical (unpaired) electrons. The van der Waals surface area contributed by atoms with Crippen LogP contribution in [0.2, 0.25) is 10.0 Å². The molecule has 3 atom stereocenters. The van der Waals surface area contributed by atoms with Crippen molar-refractivity contribution in [2.45, 2.75) is 76.1 Å². The molecule has 39 heavy (non-hydrogen) atoms. The molecule has 4 aromatic rings. The fourth-order valence-corrected chi connectivity index (χ4v) is 6.70. The van der Waals surface area contributed by atoms with Crippen LogP contribution in [0.25, 0.3) is 22.6 Å². The van der Waals surface area contributed by atoms with E-state index in [1.165, 1.54) is 0 Å². The maximum absolute atomic E-state index is 11.4. The highest BCUT2D eigenvalue weighted by molar-refractivity contribution is 6.39. The first kappa shape index (κ1) is 22.7. The second-order valence-corrected chi connectivity index (χ2v) is 11.5. The lowest BCUT2D eigenvalue weighted by Crippen LogP contribution is -2.45. The van der Waals surface area contributed by atoms with Crippen molar-refractivity contribution in [1.82, 2.24) is 15.3 Å². The maximum atomic E-state index is 11.4. The molecule has 1 N–H and O–H groups in total. The first-order chi connectivity index (χ1) is 19.7. The Labute approximate surface area is 238 Å². The Kier molecular flexibility index (Phi) is 5.73. The quantitative estimate of drug-likeness (QED) is 0.259. The summed E-state index contributed by atoms with van der Waals surface area (Å²) >= 11 is 13.0. The Morgan fingerprint density at radius 3 is 2.46 bits per heavy atom. The lowest BCUT2D eigenvalue weighted by molar-refractivity contribution is 0.0147. The molecule has 0 spiro atoms. The average Bonchev–Trinajstić information content (AvgIpc) is 3.42. The minimum atomic E-state index is -2.14. The minimum Gasteiger partial charge on any atom is -0.373 e. The third-order valence-electron chi connectivity index (χ3n) is 8.09. The predicted octanol–water partition coefficient (Wildman–Crippen LogP) is 6.89. The van der Waals surface area contributed by atoms with E-state index >= 15 is 0 Å². The van der Waals surface area contributed by atoms with Crippen molar-refractivity contribution in [2.24, 2.45) is 0 Å². The molecule has 1 aliphatic carbocycles. The fourth-order valence-electron chi connectivity index (χ4n) is 6.13. The normalized spacial score (nSPS) is 23.7. The number of anilines is 1. The molecule has 2 saturated heterocycles. The van der Waals surface area contributed by atoms with Crippen molar-refractivity contribution < 1.29 is 16.5 Å². The second-order valence-electron chi connectivity index (χ2n) is 10.7. The highest BCUT2D eigenvalue weighted by atomic mass is 35.5. The van der Waals surface area contributed by atoms with Crippen LogP contribution in [0, 0.1) is 6.92 Å². The number of aryl methyl sites for hydroxylation is 1. The summed E-state index contributed by atoms with van der Waals surface area (Å²) in [6.07, 6.45) is 4.95. The zero-order valence-corrected chi connectivity index (χ0v) is 22.8. The molecule has 3 aliphatic rings. The number of ether oxygens (including phenoxy) is 1. The van der Waals surface area contributed by atoms with Crippen LogP contribution in [0.4, 0.5) is 5.69 Å². The number of hydrogen-bond donors (Lipinski definition) is 1. The van der Waals surface area contributed by atoms with Crippen LogP contribution in [-0.2, 0) is 11.3 Å². The van der Waals surface area contributed by atoms with Gasteiger partial charge in [-0.1, -0.05) is 39.6 Å². The van der Waals surface area contributed by atoms with Crippen LogP contribution >= 0.6 is 23.2 Å². The van der Waals surface area contributed by atoms with Crippen LogP contribution in [0.5, 0.6) is 0 Å². The van der Waals surface area contributed by atoms with Crippen molar-refractivity contribution in [1.29, 1.82) is 0 Å². The third kappa shape index (κ3) is 4.58. The standard InChI is InChI=1S/C29H28Cl2N4O4/c1-15-11-17(9-10-21(15)28-32-29(36)39-34-28)35-18-7-8-19(35)13-20(12-18)37-14-22-26(33-38-27(22)16-5-6-16)25-23(30)3-2-4-24(25)31/h2-4,9-11,16,18-20H,5-8,12-14H2,1H3,(H,32,34,36)/t18-,19+,20?/i14D2. The van der Waals surface area contributed by atoms with Gasteiger partial charge in [0.15, 0.2) is 5.82 Å². The molecular formula is C29H28Cl2N4O4. The molecule has 1 saturated carbocycles. The first-order valence-electron chi connectivity index (χ1n) is 14.3. The molecule has 2 bridgehead atoms. The summed E-state index contributed by atoms with van der Waals surface area (Å²) in [7, 11) is 0. The Morgan fingerprint density at radius 2 is 1.82 bits per heavy atom. The Hall–Kier alpha value is -3.07. The van der Waals surface area contributed by atoms with Gasteiger partial charge in [0.25, 0.3) is 0 Å². The monoisotopic (exact) mass is 568 g/mol. The lowest BCUT2D eigenvalue weighted by atomic mass is 9.97. The summed E-state index contributed by atoms with van der Waals surface area (Å²) in [4.78, 5) is 16.5. The van der Waals surface area contributed by atoms with Gasteiger partial charge < -0.3 is 14.2 Å². The van der Waals surface area contributed by atoms with Gasteiger partial charge in [0.05, 0.1) is 25.4 Å². The number of H-pyrrole nitrogens is 1. The van der Waals surface area contributed by atoms with E-state index in [1.54, 1.807) is 18.2 Å². The first-order valence-corrected chi connectivity index (χ1v) is 14.0. The molecule has 3 fully saturated rings. The third-order valence-corrected chi connectivity index (χ3v) is 8.72. The topological polar surface area (TPSA) is 97.4 Å². The van der Waals surface area contributed by atoms with Crippen molar-refractivity contribution in [3.05, 3.63) is 73.9 Å². The number of rotatable bonds is 7. The number of aromatic nitrogens is 3. The Morgan fingerprint density at radius 1 is 1.08 bits per heavy atom. The second kappa shape index (κ2) is 9.84. The van der Waals surface area contributed by atoms with Crippen LogP contribution in [0.3, 0.4) is 0 Å². The van der Waals surface area contributed by atoms with Crippen LogP contribution in [0.1, 0.15) is 64.1 Å². The zero-order chi connectivity index (χ0) is 28.5. The van der Waals surface area contributed by atoms with Crippen LogP contribution < -0.4 is 10.7 Å². The summed E-state index contributed by atoms with van der Waals surface area (Å²) in [5.74, 6) is 0.463. The number of halogens is 2. The lowest BCUT2D eigenvalue weighted by Gasteiger charge is -2.40. The van der Waals surface area contributed by atoms with Crippen LogP contribution in [-0.4, -0.2) is 33.5 Å². The number of nitrogens with one attached hydrogen (secondary N) is 1. The van der Waals surface area contributed by atoms with Gasteiger partial charge in [0, 0.05) is 40.4 Å². The molecular weight excluding hydrogens is 539 g/mol. The van der Waals surface area contributed by atoms with E-state index in [0.29, 0.717) is 51.3 Å². The molecule has 8 nitrogen and oxygen atoms in total. The van der Waals surface area contributed by atoms with E-state index < -0.39 is 12.3 Å². The Balaban J connectivity index is 1.14. The maximum Gasteiger partial charge on any atom is 0.439 e.